The van der Waals surface area contributed by atoms with E-state index in [0.717, 1.165) is 36.0 Å². The van der Waals surface area contributed by atoms with Crippen LogP contribution in [0.15, 0.2) is 42.5 Å². The number of hydrogen-bond donors (Lipinski definition) is 1. The molecule has 3 heteroatoms. The number of carbonyl (C=O) groups is 1. The maximum absolute atomic E-state index is 11.5. The van der Waals surface area contributed by atoms with E-state index in [2.05, 4.69) is 17.2 Å². The molecule has 2 aromatic rings. The second-order valence-electron chi connectivity index (χ2n) is 4.41. The van der Waals surface area contributed by atoms with Crippen LogP contribution in [0, 0.1) is 0 Å². The smallest absolute Gasteiger partial charge is 0.244 e. The molecule has 98 valence electrons. The van der Waals surface area contributed by atoms with E-state index in [9.17, 15) is 4.79 Å². The molecule has 0 atom stereocenters. The van der Waals surface area contributed by atoms with Gasteiger partial charge in [0.15, 0.2) is 0 Å². The lowest BCUT2D eigenvalue weighted by Crippen LogP contribution is -2.21. The first-order valence-electron chi connectivity index (χ1n) is 6.61. The van der Waals surface area contributed by atoms with E-state index in [4.69, 9.17) is 0 Å². The Bertz CT molecular complexity index is 590. The quantitative estimate of drug-likeness (QED) is 0.658. The second-order valence-corrected chi connectivity index (χ2v) is 4.41. The van der Waals surface area contributed by atoms with Gasteiger partial charge in [0.25, 0.3) is 0 Å². The van der Waals surface area contributed by atoms with Gasteiger partial charge in [-0.1, -0.05) is 37.6 Å². The van der Waals surface area contributed by atoms with Crippen molar-refractivity contribution in [2.45, 2.75) is 19.8 Å². The highest BCUT2D eigenvalue weighted by atomic mass is 16.1. The molecule has 1 aromatic heterocycles. The molecule has 0 aliphatic rings. The molecule has 0 fully saturated rings. The van der Waals surface area contributed by atoms with Crippen LogP contribution in [0.1, 0.15) is 25.5 Å². The van der Waals surface area contributed by atoms with Gasteiger partial charge < -0.3 is 5.32 Å². The lowest BCUT2D eigenvalue weighted by atomic mass is 10.2. The Morgan fingerprint density at radius 1 is 1.26 bits per heavy atom. The molecule has 1 heterocycles. The van der Waals surface area contributed by atoms with Gasteiger partial charge in [-0.05, 0) is 24.6 Å². The maximum Gasteiger partial charge on any atom is 0.244 e. The van der Waals surface area contributed by atoms with Crippen molar-refractivity contribution in [1.29, 1.82) is 0 Å². The fourth-order valence-electron chi connectivity index (χ4n) is 1.78. The summed E-state index contributed by atoms with van der Waals surface area (Å²) >= 11 is 0. The van der Waals surface area contributed by atoms with E-state index < -0.39 is 0 Å². The molecular formula is C16H18N2O. The van der Waals surface area contributed by atoms with Gasteiger partial charge in [0.1, 0.15) is 0 Å². The Morgan fingerprint density at radius 2 is 2.11 bits per heavy atom. The van der Waals surface area contributed by atoms with Crippen LogP contribution in [-0.4, -0.2) is 17.4 Å². The van der Waals surface area contributed by atoms with Crippen LogP contribution >= 0.6 is 0 Å². The van der Waals surface area contributed by atoms with Gasteiger partial charge in [0.2, 0.25) is 5.91 Å². The summed E-state index contributed by atoms with van der Waals surface area (Å²) in [5, 5.41) is 3.94. The monoisotopic (exact) mass is 254 g/mol. The molecule has 0 aliphatic carbocycles. The van der Waals surface area contributed by atoms with E-state index in [1.165, 1.54) is 6.08 Å². The number of rotatable bonds is 5. The predicted molar refractivity (Wildman–Crippen MR) is 78.7 cm³/mol. The standard InChI is InChI=1S/C16H18N2O/c1-2-3-12-17-16(19)11-10-14-9-8-13-6-4-5-7-15(13)18-14/h4-11H,2-3,12H2,1H3,(H,17,19)/b11-10+. The number of aromatic nitrogens is 1. The average Bonchev–Trinajstić information content (AvgIpc) is 2.45. The highest BCUT2D eigenvalue weighted by molar-refractivity contribution is 5.91. The highest BCUT2D eigenvalue weighted by Crippen LogP contribution is 2.12. The Balaban J connectivity index is 2.02. The maximum atomic E-state index is 11.5. The van der Waals surface area contributed by atoms with Crippen LogP contribution in [0.4, 0.5) is 0 Å². The molecule has 1 amide bonds. The van der Waals surface area contributed by atoms with Crippen molar-refractivity contribution in [2.75, 3.05) is 6.54 Å². The number of fused-ring (bicyclic) bond motifs is 1. The second kappa shape index (κ2) is 6.69. The molecule has 1 N–H and O–H groups in total. The van der Waals surface area contributed by atoms with Gasteiger partial charge in [-0.15, -0.1) is 0 Å². The lowest BCUT2D eigenvalue weighted by Gasteiger charge is -2.00. The Morgan fingerprint density at radius 3 is 2.95 bits per heavy atom. The number of nitrogens with one attached hydrogen (secondary N) is 1. The van der Waals surface area contributed by atoms with Crippen LogP contribution in [0.2, 0.25) is 0 Å². The summed E-state index contributed by atoms with van der Waals surface area (Å²) in [6.45, 7) is 2.83. The summed E-state index contributed by atoms with van der Waals surface area (Å²) < 4.78 is 0. The predicted octanol–water partition coefficient (Wildman–Crippen LogP) is 3.16. The third kappa shape index (κ3) is 3.91. The first kappa shape index (κ1) is 13.3. The van der Waals surface area contributed by atoms with Gasteiger partial charge in [-0.3, -0.25) is 4.79 Å². The summed E-state index contributed by atoms with van der Waals surface area (Å²) in [6, 6.07) is 11.9. The SMILES string of the molecule is CCCCNC(=O)/C=C/c1ccc2ccccc2n1. The average molecular weight is 254 g/mol. The molecule has 0 radical (unpaired) electrons. The molecule has 0 unspecified atom stereocenters. The van der Waals surface area contributed by atoms with Crippen molar-refractivity contribution >= 4 is 22.9 Å². The first-order valence-corrected chi connectivity index (χ1v) is 6.61. The molecule has 0 bridgehead atoms. The van der Waals surface area contributed by atoms with Crippen LogP contribution in [-0.2, 0) is 4.79 Å². The molecule has 1 aromatic carbocycles. The van der Waals surface area contributed by atoms with Gasteiger partial charge in [0.05, 0.1) is 11.2 Å². The van der Waals surface area contributed by atoms with Crippen LogP contribution < -0.4 is 5.32 Å². The summed E-state index contributed by atoms with van der Waals surface area (Å²) in [5.74, 6) is -0.0663. The van der Waals surface area contributed by atoms with Gasteiger partial charge in [-0.25, -0.2) is 4.98 Å². The van der Waals surface area contributed by atoms with Crippen molar-refractivity contribution in [3.63, 3.8) is 0 Å². The summed E-state index contributed by atoms with van der Waals surface area (Å²) in [6.07, 6.45) is 5.37. The zero-order valence-corrected chi connectivity index (χ0v) is 11.1. The number of nitrogens with zero attached hydrogens (tertiary/aromatic N) is 1. The molecule has 0 saturated carbocycles. The largest absolute Gasteiger partial charge is 0.353 e. The van der Waals surface area contributed by atoms with Gasteiger partial charge in [0, 0.05) is 18.0 Å². The molecule has 2 rings (SSSR count). The minimum atomic E-state index is -0.0663. The molecule has 3 nitrogen and oxygen atoms in total. The summed E-state index contributed by atoms with van der Waals surface area (Å²) in [5.41, 5.74) is 1.74. The fraction of sp³-hybridized carbons (Fsp3) is 0.250. The number of benzene rings is 1. The lowest BCUT2D eigenvalue weighted by molar-refractivity contribution is -0.116. The number of unbranched alkanes of at least 4 members (excludes halogenated alkanes) is 1. The van der Waals surface area contributed by atoms with Crippen molar-refractivity contribution in [2.24, 2.45) is 0 Å². The zero-order valence-electron chi connectivity index (χ0n) is 11.1. The van der Waals surface area contributed by atoms with E-state index in [1.54, 1.807) is 6.08 Å². The summed E-state index contributed by atoms with van der Waals surface area (Å²) in [7, 11) is 0. The van der Waals surface area contributed by atoms with Crippen LogP contribution in [0.5, 0.6) is 0 Å². The van der Waals surface area contributed by atoms with Crippen LogP contribution in [0.3, 0.4) is 0 Å². The Hall–Kier alpha value is -2.16. The minimum Gasteiger partial charge on any atom is -0.353 e. The number of amides is 1. The number of para-hydroxylation sites is 1. The third-order valence-electron chi connectivity index (χ3n) is 2.85. The normalized spacial score (nSPS) is 11.0. The Labute approximate surface area is 113 Å². The number of carbonyl (C=O) groups excluding carboxylic acids is 1. The molecule has 0 spiro atoms. The van der Waals surface area contributed by atoms with E-state index in [1.807, 2.05) is 36.4 Å². The molecule has 19 heavy (non-hydrogen) atoms. The minimum absolute atomic E-state index is 0.0663. The van der Waals surface area contributed by atoms with Crippen molar-refractivity contribution in [3.05, 3.63) is 48.2 Å². The van der Waals surface area contributed by atoms with E-state index >= 15 is 0 Å². The topological polar surface area (TPSA) is 42.0 Å². The third-order valence-corrected chi connectivity index (χ3v) is 2.85. The van der Waals surface area contributed by atoms with Gasteiger partial charge in [-0.2, -0.15) is 0 Å². The first-order chi connectivity index (χ1) is 9.29. The summed E-state index contributed by atoms with van der Waals surface area (Å²) in [4.78, 5) is 16.0. The van der Waals surface area contributed by atoms with Crippen LogP contribution in [0.25, 0.3) is 17.0 Å². The van der Waals surface area contributed by atoms with Crippen molar-refractivity contribution in [1.82, 2.24) is 10.3 Å². The number of pyridine rings is 1. The van der Waals surface area contributed by atoms with Gasteiger partial charge >= 0.3 is 0 Å². The fourth-order valence-corrected chi connectivity index (χ4v) is 1.78. The molecule has 0 saturated heterocycles. The molecule has 0 aliphatic heterocycles. The molecular weight excluding hydrogens is 236 g/mol. The van der Waals surface area contributed by atoms with E-state index in [0.29, 0.717) is 0 Å². The highest BCUT2D eigenvalue weighted by Gasteiger charge is 1.96. The van der Waals surface area contributed by atoms with Crippen molar-refractivity contribution < 1.29 is 4.79 Å². The zero-order chi connectivity index (χ0) is 13.5. The van der Waals surface area contributed by atoms with E-state index in [-0.39, 0.29) is 5.91 Å². The Kier molecular flexibility index (Phi) is 4.67. The van der Waals surface area contributed by atoms with Crippen molar-refractivity contribution in [3.8, 4) is 0 Å². The number of hydrogen-bond acceptors (Lipinski definition) is 2.